The van der Waals surface area contributed by atoms with Crippen LogP contribution in [0.3, 0.4) is 0 Å². The van der Waals surface area contributed by atoms with Gasteiger partial charge in [-0.3, -0.25) is 5.32 Å². The van der Waals surface area contributed by atoms with Crippen molar-refractivity contribution in [1.82, 2.24) is 4.98 Å². The van der Waals surface area contributed by atoms with Crippen molar-refractivity contribution < 1.29 is 4.79 Å². The number of hydrogen-bond acceptors (Lipinski definition) is 2. The van der Waals surface area contributed by atoms with E-state index in [0.29, 0.717) is 5.82 Å². The van der Waals surface area contributed by atoms with E-state index in [9.17, 15) is 4.79 Å². The maximum Gasteiger partial charge on any atom is 0.324 e. The van der Waals surface area contributed by atoms with E-state index in [4.69, 9.17) is 0 Å². The first-order valence-electron chi connectivity index (χ1n) is 5.86. The standard InChI is InChI=1S/C14H15N3O/c1-2-11-7-3-4-8-12(11)16-14(18)17-13-9-5-6-10-15-13/h3-10H,2H2,1H3,(H2,15,16,17,18). The van der Waals surface area contributed by atoms with Crippen LogP contribution in [0.5, 0.6) is 0 Å². The minimum Gasteiger partial charge on any atom is -0.307 e. The quantitative estimate of drug-likeness (QED) is 0.866. The predicted molar refractivity (Wildman–Crippen MR) is 72.7 cm³/mol. The molecule has 0 aliphatic rings. The molecule has 2 rings (SSSR count). The summed E-state index contributed by atoms with van der Waals surface area (Å²) in [6.45, 7) is 2.05. The van der Waals surface area contributed by atoms with Gasteiger partial charge in [-0.2, -0.15) is 0 Å². The summed E-state index contributed by atoms with van der Waals surface area (Å²) in [4.78, 5) is 15.8. The first kappa shape index (κ1) is 12.1. The Morgan fingerprint density at radius 3 is 2.61 bits per heavy atom. The van der Waals surface area contributed by atoms with Gasteiger partial charge in [-0.05, 0) is 30.2 Å². The van der Waals surface area contributed by atoms with Crippen molar-refractivity contribution in [2.24, 2.45) is 0 Å². The Kier molecular flexibility index (Phi) is 3.91. The number of benzene rings is 1. The van der Waals surface area contributed by atoms with E-state index in [2.05, 4.69) is 22.5 Å². The normalized spacial score (nSPS) is 9.83. The number of carbonyl (C=O) groups excluding carboxylic acids is 1. The summed E-state index contributed by atoms with van der Waals surface area (Å²) in [5, 5.41) is 5.50. The van der Waals surface area contributed by atoms with Crippen molar-refractivity contribution in [2.75, 3.05) is 10.6 Å². The fourth-order valence-electron chi connectivity index (χ4n) is 1.66. The Labute approximate surface area is 106 Å². The molecule has 0 aliphatic carbocycles. The number of nitrogens with one attached hydrogen (secondary N) is 2. The second kappa shape index (κ2) is 5.82. The zero-order valence-corrected chi connectivity index (χ0v) is 10.2. The van der Waals surface area contributed by atoms with Gasteiger partial charge in [0.05, 0.1) is 0 Å². The summed E-state index contributed by atoms with van der Waals surface area (Å²) in [5.41, 5.74) is 1.93. The van der Waals surface area contributed by atoms with Gasteiger partial charge in [-0.1, -0.05) is 31.2 Å². The first-order valence-corrected chi connectivity index (χ1v) is 5.86. The van der Waals surface area contributed by atoms with E-state index < -0.39 is 0 Å². The molecule has 0 fully saturated rings. The summed E-state index contributed by atoms with van der Waals surface area (Å²) in [5.74, 6) is 0.531. The van der Waals surface area contributed by atoms with Crippen LogP contribution in [0.15, 0.2) is 48.7 Å². The third-order valence-corrected chi connectivity index (χ3v) is 2.55. The highest BCUT2D eigenvalue weighted by atomic mass is 16.2. The average Bonchev–Trinajstić information content (AvgIpc) is 2.40. The van der Waals surface area contributed by atoms with Crippen LogP contribution in [0, 0.1) is 0 Å². The van der Waals surface area contributed by atoms with Crippen molar-refractivity contribution in [3.05, 3.63) is 54.2 Å². The lowest BCUT2D eigenvalue weighted by Crippen LogP contribution is -2.20. The van der Waals surface area contributed by atoms with Crippen LogP contribution in [-0.2, 0) is 6.42 Å². The molecule has 18 heavy (non-hydrogen) atoms. The Hall–Kier alpha value is -2.36. The molecule has 0 bridgehead atoms. The molecule has 4 nitrogen and oxygen atoms in total. The number of carbonyl (C=O) groups is 1. The van der Waals surface area contributed by atoms with Crippen LogP contribution >= 0.6 is 0 Å². The van der Waals surface area contributed by atoms with Gasteiger partial charge >= 0.3 is 6.03 Å². The van der Waals surface area contributed by atoms with E-state index >= 15 is 0 Å². The molecule has 1 aromatic heterocycles. The lowest BCUT2D eigenvalue weighted by atomic mass is 10.1. The molecular formula is C14H15N3O. The van der Waals surface area contributed by atoms with E-state index in [0.717, 1.165) is 17.7 Å². The molecule has 0 spiro atoms. The fourth-order valence-corrected chi connectivity index (χ4v) is 1.66. The van der Waals surface area contributed by atoms with E-state index in [1.165, 1.54) is 0 Å². The van der Waals surface area contributed by atoms with Gasteiger partial charge < -0.3 is 5.32 Å². The number of rotatable bonds is 3. The van der Waals surface area contributed by atoms with E-state index in [1.807, 2.05) is 30.3 Å². The molecule has 0 radical (unpaired) electrons. The highest BCUT2D eigenvalue weighted by Gasteiger charge is 2.05. The van der Waals surface area contributed by atoms with Gasteiger partial charge in [0.2, 0.25) is 0 Å². The molecule has 92 valence electrons. The van der Waals surface area contributed by atoms with Crippen molar-refractivity contribution in [1.29, 1.82) is 0 Å². The van der Waals surface area contributed by atoms with Crippen LogP contribution in [0.1, 0.15) is 12.5 Å². The molecule has 0 aliphatic heterocycles. The van der Waals surface area contributed by atoms with Gasteiger partial charge in [0.25, 0.3) is 0 Å². The SMILES string of the molecule is CCc1ccccc1NC(=O)Nc1ccccn1. The summed E-state index contributed by atoms with van der Waals surface area (Å²) >= 11 is 0. The number of pyridine rings is 1. The number of hydrogen-bond donors (Lipinski definition) is 2. The Balaban J connectivity index is 2.03. The number of nitrogens with zero attached hydrogens (tertiary/aromatic N) is 1. The molecule has 2 aromatic rings. The van der Waals surface area contributed by atoms with Gasteiger partial charge in [0.15, 0.2) is 0 Å². The third kappa shape index (κ3) is 3.07. The van der Waals surface area contributed by atoms with Crippen molar-refractivity contribution >= 4 is 17.5 Å². The van der Waals surface area contributed by atoms with Gasteiger partial charge in [-0.25, -0.2) is 9.78 Å². The molecule has 2 amide bonds. The lowest BCUT2D eigenvalue weighted by molar-refractivity contribution is 0.262. The second-order valence-corrected chi connectivity index (χ2v) is 3.80. The minimum atomic E-state index is -0.283. The maximum atomic E-state index is 11.8. The van der Waals surface area contributed by atoms with Crippen LogP contribution in [0.25, 0.3) is 0 Å². The molecule has 1 aromatic carbocycles. The van der Waals surface area contributed by atoms with Crippen molar-refractivity contribution in [2.45, 2.75) is 13.3 Å². The van der Waals surface area contributed by atoms with Crippen LogP contribution in [-0.4, -0.2) is 11.0 Å². The Bertz CT molecular complexity index is 526. The molecule has 2 N–H and O–H groups in total. The summed E-state index contributed by atoms with van der Waals surface area (Å²) in [6.07, 6.45) is 2.51. The number of anilines is 2. The van der Waals surface area contributed by atoms with E-state index in [1.54, 1.807) is 18.3 Å². The monoisotopic (exact) mass is 241 g/mol. The third-order valence-electron chi connectivity index (χ3n) is 2.55. The second-order valence-electron chi connectivity index (χ2n) is 3.80. The lowest BCUT2D eigenvalue weighted by Gasteiger charge is -2.10. The molecule has 1 heterocycles. The number of urea groups is 1. The maximum absolute atomic E-state index is 11.8. The van der Waals surface area contributed by atoms with Crippen LogP contribution in [0.4, 0.5) is 16.3 Å². The van der Waals surface area contributed by atoms with E-state index in [-0.39, 0.29) is 6.03 Å². The molecular weight excluding hydrogens is 226 g/mol. The van der Waals surface area contributed by atoms with Gasteiger partial charge in [0, 0.05) is 11.9 Å². The highest BCUT2D eigenvalue weighted by molar-refractivity contribution is 5.99. The summed E-state index contributed by atoms with van der Waals surface area (Å²) in [7, 11) is 0. The zero-order valence-electron chi connectivity index (χ0n) is 10.2. The predicted octanol–water partition coefficient (Wildman–Crippen LogP) is 3.29. The average molecular weight is 241 g/mol. The molecule has 0 saturated carbocycles. The van der Waals surface area contributed by atoms with Gasteiger partial charge in [0.1, 0.15) is 5.82 Å². The van der Waals surface area contributed by atoms with Crippen molar-refractivity contribution in [3.8, 4) is 0 Å². The van der Waals surface area contributed by atoms with Gasteiger partial charge in [-0.15, -0.1) is 0 Å². The smallest absolute Gasteiger partial charge is 0.307 e. The molecule has 0 unspecified atom stereocenters. The Morgan fingerprint density at radius 2 is 1.89 bits per heavy atom. The molecule has 0 saturated heterocycles. The van der Waals surface area contributed by atoms with Crippen LogP contribution < -0.4 is 10.6 Å². The fraction of sp³-hybridized carbons (Fsp3) is 0.143. The summed E-state index contributed by atoms with van der Waals surface area (Å²) in [6, 6.07) is 12.8. The largest absolute Gasteiger partial charge is 0.324 e. The first-order chi connectivity index (χ1) is 8.79. The topological polar surface area (TPSA) is 54.0 Å². The number of amides is 2. The number of para-hydroxylation sites is 1. The Morgan fingerprint density at radius 1 is 1.11 bits per heavy atom. The van der Waals surface area contributed by atoms with Crippen LogP contribution in [0.2, 0.25) is 0 Å². The molecule has 0 atom stereocenters. The van der Waals surface area contributed by atoms with Crippen molar-refractivity contribution in [3.63, 3.8) is 0 Å². The zero-order chi connectivity index (χ0) is 12.8. The number of aromatic nitrogens is 1. The minimum absolute atomic E-state index is 0.283. The highest BCUT2D eigenvalue weighted by Crippen LogP contribution is 2.15. The number of aryl methyl sites for hydroxylation is 1. The molecule has 4 heteroatoms. The summed E-state index contributed by atoms with van der Waals surface area (Å²) < 4.78 is 0.